The lowest BCUT2D eigenvalue weighted by atomic mass is 10.1. The second kappa shape index (κ2) is 4.80. The first-order valence-electron chi connectivity index (χ1n) is 5.13. The fraction of sp³-hybridized carbons (Fsp3) is 0.455. The Hall–Kier alpha value is -1.13. The van der Waals surface area contributed by atoms with Crippen LogP contribution in [0.5, 0.6) is 17.2 Å². The number of hydrogen-bond acceptors (Lipinski definition) is 4. The smallest absolute Gasteiger partial charge is 0.183 e. The molecule has 0 aliphatic carbocycles. The van der Waals surface area contributed by atoms with Crippen molar-refractivity contribution in [1.29, 1.82) is 0 Å². The van der Waals surface area contributed by atoms with Gasteiger partial charge in [0.2, 0.25) is 0 Å². The molecule has 1 aromatic carbocycles. The first kappa shape index (κ1) is 11.4. The second-order valence-corrected chi connectivity index (χ2v) is 3.82. The molecule has 2 N–H and O–H groups in total. The van der Waals surface area contributed by atoms with Crippen LogP contribution in [-0.4, -0.2) is 26.9 Å². The monoisotopic (exact) mass is 243 g/mol. The number of halogens is 1. The molecule has 2 rings (SSSR count). The van der Waals surface area contributed by atoms with Gasteiger partial charge >= 0.3 is 0 Å². The van der Waals surface area contributed by atoms with Gasteiger partial charge < -0.3 is 19.9 Å². The summed E-state index contributed by atoms with van der Waals surface area (Å²) in [5.74, 6) is 1.85. The van der Waals surface area contributed by atoms with Crippen molar-refractivity contribution in [2.24, 2.45) is 5.73 Å². The van der Waals surface area contributed by atoms with Crippen LogP contribution in [0.3, 0.4) is 0 Å². The summed E-state index contributed by atoms with van der Waals surface area (Å²) in [4.78, 5) is 0. The molecule has 0 saturated carbocycles. The molecular weight excluding hydrogens is 230 g/mol. The highest BCUT2D eigenvalue weighted by atomic mass is 35.5. The van der Waals surface area contributed by atoms with Crippen molar-refractivity contribution in [3.8, 4) is 17.2 Å². The zero-order chi connectivity index (χ0) is 11.5. The number of nitrogens with two attached hydrogens (primary N) is 1. The van der Waals surface area contributed by atoms with Gasteiger partial charge in [-0.05, 0) is 19.0 Å². The van der Waals surface area contributed by atoms with Gasteiger partial charge in [0.25, 0.3) is 0 Å². The molecule has 5 heteroatoms. The van der Waals surface area contributed by atoms with Gasteiger partial charge in [0, 0.05) is 5.56 Å². The summed E-state index contributed by atoms with van der Waals surface area (Å²) in [7, 11) is 1.58. The third-order valence-corrected chi connectivity index (χ3v) is 2.77. The van der Waals surface area contributed by atoms with Crippen molar-refractivity contribution in [3.05, 3.63) is 16.7 Å². The summed E-state index contributed by atoms with van der Waals surface area (Å²) in [6, 6.07) is 1.88. The van der Waals surface area contributed by atoms with Crippen molar-refractivity contribution in [2.75, 3.05) is 26.9 Å². The molecule has 0 saturated heterocycles. The average molecular weight is 244 g/mol. The van der Waals surface area contributed by atoms with Crippen molar-refractivity contribution in [1.82, 2.24) is 0 Å². The van der Waals surface area contributed by atoms with E-state index in [-0.39, 0.29) is 0 Å². The Balaban J connectivity index is 2.50. The Morgan fingerprint density at radius 1 is 1.44 bits per heavy atom. The molecule has 0 bridgehead atoms. The molecule has 0 unspecified atom stereocenters. The molecule has 0 radical (unpaired) electrons. The third kappa shape index (κ3) is 1.90. The molecule has 88 valence electrons. The first-order valence-corrected chi connectivity index (χ1v) is 5.50. The molecule has 0 amide bonds. The number of rotatable bonds is 3. The van der Waals surface area contributed by atoms with E-state index in [9.17, 15) is 0 Å². The van der Waals surface area contributed by atoms with Gasteiger partial charge in [0.15, 0.2) is 11.5 Å². The van der Waals surface area contributed by atoms with Crippen LogP contribution in [0.15, 0.2) is 6.07 Å². The number of fused-ring (bicyclic) bond motifs is 1. The average Bonchev–Trinajstić information content (AvgIpc) is 2.30. The summed E-state index contributed by atoms with van der Waals surface area (Å²) in [6.45, 7) is 1.58. The third-order valence-electron chi connectivity index (χ3n) is 2.42. The molecule has 16 heavy (non-hydrogen) atoms. The number of methoxy groups -OCH3 is 1. The van der Waals surface area contributed by atoms with E-state index in [0.717, 1.165) is 5.56 Å². The fourth-order valence-electron chi connectivity index (χ4n) is 1.74. The van der Waals surface area contributed by atoms with Crippen molar-refractivity contribution in [3.63, 3.8) is 0 Å². The van der Waals surface area contributed by atoms with Crippen molar-refractivity contribution < 1.29 is 14.2 Å². The van der Waals surface area contributed by atoms with E-state index in [1.807, 2.05) is 6.07 Å². The number of ether oxygens (including phenoxy) is 3. The van der Waals surface area contributed by atoms with Crippen molar-refractivity contribution in [2.45, 2.75) is 6.42 Å². The first-order chi connectivity index (χ1) is 7.77. The summed E-state index contributed by atoms with van der Waals surface area (Å²) in [5, 5.41) is 0.461. The topological polar surface area (TPSA) is 53.7 Å². The molecular formula is C11H14ClNO3. The largest absolute Gasteiger partial charge is 0.495 e. The Bertz CT molecular complexity index is 395. The fourth-order valence-corrected chi connectivity index (χ4v) is 2.09. The predicted octanol–water partition coefficient (Wildman–Crippen LogP) is 1.62. The van der Waals surface area contributed by atoms with Gasteiger partial charge in [-0.2, -0.15) is 0 Å². The van der Waals surface area contributed by atoms with Gasteiger partial charge in [0.05, 0.1) is 7.11 Å². The van der Waals surface area contributed by atoms with Gasteiger partial charge in [-0.15, -0.1) is 0 Å². The van der Waals surface area contributed by atoms with Crippen LogP contribution in [0, 0.1) is 0 Å². The lowest BCUT2D eigenvalue weighted by molar-refractivity contribution is 0.170. The van der Waals surface area contributed by atoms with Crippen LogP contribution in [0.25, 0.3) is 0 Å². The Kier molecular flexibility index (Phi) is 3.41. The van der Waals surface area contributed by atoms with Gasteiger partial charge in [-0.1, -0.05) is 11.6 Å². The minimum Gasteiger partial charge on any atom is -0.495 e. The minimum atomic E-state index is 0.461. The molecule has 0 atom stereocenters. The standard InChI is InChI=1S/C11H14ClNO3/c1-14-10-7(2-3-13)6-8-11(9(10)12)16-5-4-15-8/h6H,2-5,13H2,1H3. The number of benzene rings is 1. The summed E-state index contributed by atoms with van der Waals surface area (Å²) >= 11 is 6.20. The van der Waals surface area contributed by atoms with Crippen molar-refractivity contribution >= 4 is 11.6 Å². The van der Waals surface area contributed by atoms with Crippen LogP contribution in [0.2, 0.25) is 5.02 Å². The SMILES string of the molecule is COc1c(CCN)cc2c(c1Cl)OCCO2. The molecule has 1 aromatic rings. The summed E-state index contributed by atoms with van der Waals surface area (Å²) < 4.78 is 16.2. The van der Waals surface area contributed by atoms with E-state index in [2.05, 4.69) is 0 Å². The van der Waals surface area contributed by atoms with Gasteiger partial charge in [-0.25, -0.2) is 0 Å². The molecule has 0 spiro atoms. The highest BCUT2D eigenvalue weighted by Gasteiger charge is 2.22. The number of hydrogen-bond donors (Lipinski definition) is 1. The van der Waals surface area contributed by atoms with E-state index in [4.69, 9.17) is 31.5 Å². The maximum absolute atomic E-state index is 6.20. The van der Waals surface area contributed by atoms with E-state index < -0.39 is 0 Å². The minimum absolute atomic E-state index is 0.461. The maximum atomic E-state index is 6.20. The Morgan fingerprint density at radius 3 is 2.88 bits per heavy atom. The van der Waals surface area contributed by atoms with E-state index in [1.165, 1.54) is 0 Å². The molecule has 4 nitrogen and oxygen atoms in total. The normalized spacial score (nSPS) is 13.7. The van der Waals surface area contributed by atoms with E-state index >= 15 is 0 Å². The Labute approximate surface area is 99.2 Å². The summed E-state index contributed by atoms with van der Waals surface area (Å²) in [6.07, 6.45) is 0.694. The highest BCUT2D eigenvalue weighted by molar-refractivity contribution is 6.34. The van der Waals surface area contributed by atoms with E-state index in [1.54, 1.807) is 7.11 Å². The van der Waals surface area contributed by atoms with Gasteiger partial charge in [0.1, 0.15) is 24.0 Å². The zero-order valence-corrected chi connectivity index (χ0v) is 9.84. The van der Waals surface area contributed by atoms with Gasteiger partial charge in [-0.3, -0.25) is 0 Å². The molecule has 0 fully saturated rings. The van der Waals surface area contributed by atoms with Crippen LogP contribution in [0.1, 0.15) is 5.56 Å². The Morgan fingerprint density at radius 2 is 2.19 bits per heavy atom. The van der Waals surface area contributed by atoms with Crippen LogP contribution in [0.4, 0.5) is 0 Å². The van der Waals surface area contributed by atoms with E-state index in [0.29, 0.717) is 48.5 Å². The lowest BCUT2D eigenvalue weighted by Crippen LogP contribution is -2.16. The summed E-state index contributed by atoms with van der Waals surface area (Å²) in [5.41, 5.74) is 6.48. The highest BCUT2D eigenvalue weighted by Crippen LogP contribution is 2.45. The zero-order valence-electron chi connectivity index (χ0n) is 9.09. The molecule has 1 aliphatic heterocycles. The molecule has 1 aliphatic rings. The quantitative estimate of drug-likeness (QED) is 0.877. The molecule has 0 aromatic heterocycles. The van der Waals surface area contributed by atoms with Crippen LogP contribution in [-0.2, 0) is 6.42 Å². The maximum Gasteiger partial charge on any atom is 0.183 e. The second-order valence-electron chi connectivity index (χ2n) is 3.45. The lowest BCUT2D eigenvalue weighted by Gasteiger charge is -2.22. The van der Waals surface area contributed by atoms with Crippen LogP contribution < -0.4 is 19.9 Å². The molecule has 1 heterocycles. The predicted molar refractivity (Wildman–Crippen MR) is 61.8 cm³/mol. The van der Waals surface area contributed by atoms with Crippen LogP contribution >= 0.6 is 11.6 Å².